The van der Waals surface area contributed by atoms with E-state index in [0.717, 1.165) is 23.4 Å². The first-order valence-corrected chi connectivity index (χ1v) is 9.40. The minimum Gasteiger partial charge on any atom is -0.309 e. The van der Waals surface area contributed by atoms with Crippen LogP contribution < -0.4 is 10.0 Å². The fraction of sp³-hybridized carbons (Fsp3) is 0.714. The van der Waals surface area contributed by atoms with Gasteiger partial charge in [-0.05, 0) is 51.7 Å². The van der Waals surface area contributed by atoms with E-state index in [2.05, 4.69) is 10.0 Å². The van der Waals surface area contributed by atoms with Gasteiger partial charge in [-0.15, -0.1) is 11.3 Å². The topological polar surface area (TPSA) is 58.2 Å². The van der Waals surface area contributed by atoms with E-state index in [-0.39, 0.29) is 0 Å². The molecule has 0 spiro atoms. The molecule has 1 aromatic heterocycles. The van der Waals surface area contributed by atoms with Crippen LogP contribution in [0.25, 0.3) is 0 Å². The van der Waals surface area contributed by atoms with E-state index in [4.69, 9.17) is 0 Å². The Labute approximate surface area is 126 Å². The minimum atomic E-state index is -3.41. The second-order valence-corrected chi connectivity index (χ2v) is 9.22. The Bertz CT molecular complexity index is 572. The number of aryl methyl sites for hydroxylation is 1. The summed E-state index contributed by atoms with van der Waals surface area (Å²) in [4.78, 5) is 1.12. The maximum atomic E-state index is 12.4. The number of sulfonamides is 1. The highest BCUT2D eigenvalue weighted by Crippen LogP contribution is 2.28. The van der Waals surface area contributed by atoms with E-state index in [1.807, 2.05) is 27.7 Å². The molecule has 0 aromatic carbocycles. The number of thiophene rings is 1. The lowest BCUT2D eigenvalue weighted by Gasteiger charge is -2.23. The number of nitrogens with one attached hydrogen (secondary N) is 2. The van der Waals surface area contributed by atoms with Crippen molar-refractivity contribution in [3.63, 3.8) is 0 Å². The fourth-order valence-corrected chi connectivity index (χ4v) is 4.83. The van der Waals surface area contributed by atoms with Crippen molar-refractivity contribution in [2.45, 2.75) is 69.3 Å². The Hall–Kier alpha value is -0.430. The van der Waals surface area contributed by atoms with Gasteiger partial charge in [0.2, 0.25) is 0 Å². The maximum Gasteiger partial charge on any atom is 0.250 e. The van der Waals surface area contributed by atoms with Gasteiger partial charge < -0.3 is 5.32 Å². The van der Waals surface area contributed by atoms with Gasteiger partial charge in [0.15, 0.2) is 0 Å². The van der Waals surface area contributed by atoms with E-state index >= 15 is 0 Å². The Balaban J connectivity index is 2.12. The van der Waals surface area contributed by atoms with Crippen LogP contribution in [0.1, 0.15) is 50.5 Å². The smallest absolute Gasteiger partial charge is 0.250 e. The Morgan fingerprint density at radius 2 is 2.05 bits per heavy atom. The van der Waals surface area contributed by atoms with Crippen LogP contribution in [0.4, 0.5) is 0 Å². The van der Waals surface area contributed by atoms with Gasteiger partial charge in [-0.2, -0.15) is 0 Å². The average Bonchev–Trinajstić information content (AvgIpc) is 3.09. The van der Waals surface area contributed by atoms with E-state index in [9.17, 15) is 8.42 Å². The Morgan fingerprint density at radius 1 is 1.40 bits per heavy atom. The van der Waals surface area contributed by atoms with Gasteiger partial charge in [-0.3, -0.25) is 0 Å². The van der Waals surface area contributed by atoms with E-state index in [0.29, 0.717) is 10.3 Å². The van der Waals surface area contributed by atoms with E-state index in [1.165, 1.54) is 24.2 Å². The molecule has 0 radical (unpaired) electrons. The summed E-state index contributed by atoms with van der Waals surface area (Å²) in [6.45, 7) is 8.53. The van der Waals surface area contributed by atoms with Gasteiger partial charge >= 0.3 is 0 Å². The molecule has 4 nitrogen and oxygen atoms in total. The lowest BCUT2D eigenvalue weighted by Crippen LogP contribution is -2.42. The molecule has 2 N–H and O–H groups in total. The summed E-state index contributed by atoms with van der Waals surface area (Å²) in [5.74, 6) is 0. The van der Waals surface area contributed by atoms with E-state index < -0.39 is 15.6 Å². The molecule has 0 amide bonds. The predicted molar refractivity (Wildman–Crippen MR) is 83.6 cm³/mol. The molecule has 1 aromatic rings. The Morgan fingerprint density at radius 3 is 2.60 bits per heavy atom. The zero-order valence-corrected chi connectivity index (χ0v) is 14.2. The first kappa shape index (κ1) is 15.9. The van der Waals surface area contributed by atoms with Crippen molar-refractivity contribution in [3.8, 4) is 0 Å². The number of rotatable bonds is 7. The van der Waals surface area contributed by atoms with Crippen LogP contribution >= 0.6 is 11.3 Å². The van der Waals surface area contributed by atoms with Crippen molar-refractivity contribution in [3.05, 3.63) is 16.5 Å². The van der Waals surface area contributed by atoms with Gasteiger partial charge in [0.25, 0.3) is 10.0 Å². The second-order valence-electron chi connectivity index (χ2n) is 6.17. The summed E-state index contributed by atoms with van der Waals surface area (Å²) in [6.07, 6.45) is 3.23. The third kappa shape index (κ3) is 4.04. The molecule has 1 aliphatic rings. The lowest BCUT2D eigenvalue weighted by atomic mass is 10.0. The van der Waals surface area contributed by atoms with Gasteiger partial charge in [0.05, 0.1) is 0 Å². The van der Waals surface area contributed by atoms with Crippen molar-refractivity contribution >= 4 is 21.4 Å². The van der Waals surface area contributed by atoms with Crippen LogP contribution in [-0.2, 0) is 16.6 Å². The third-order valence-electron chi connectivity index (χ3n) is 3.69. The quantitative estimate of drug-likeness (QED) is 0.813. The first-order valence-electron chi connectivity index (χ1n) is 7.10. The van der Waals surface area contributed by atoms with Crippen LogP contribution in [-0.4, -0.2) is 20.0 Å². The van der Waals surface area contributed by atoms with Crippen LogP contribution in [0.2, 0.25) is 0 Å². The third-order valence-corrected chi connectivity index (χ3v) is 7.09. The molecule has 1 fully saturated rings. The SMILES string of the molecule is CCC(C)(C)NS(=O)(=O)c1cc(C)c(CNC2CC2)s1. The molecule has 6 heteroatoms. The van der Waals surface area contributed by atoms with Crippen molar-refractivity contribution in [1.82, 2.24) is 10.0 Å². The normalized spacial score (nSPS) is 16.6. The Kier molecular flexibility index (Phi) is 4.59. The molecule has 0 aliphatic heterocycles. The van der Waals surface area contributed by atoms with E-state index in [1.54, 1.807) is 6.07 Å². The zero-order valence-electron chi connectivity index (χ0n) is 12.6. The lowest BCUT2D eigenvalue weighted by molar-refractivity contribution is 0.440. The molecule has 1 heterocycles. The van der Waals surface area contributed by atoms with Gasteiger partial charge in [0.1, 0.15) is 4.21 Å². The monoisotopic (exact) mass is 316 g/mol. The average molecular weight is 316 g/mol. The van der Waals surface area contributed by atoms with Crippen molar-refractivity contribution in [1.29, 1.82) is 0 Å². The summed E-state index contributed by atoms with van der Waals surface area (Å²) in [5, 5.41) is 3.43. The molecular formula is C14H24N2O2S2. The molecule has 0 atom stereocenters. The van der Waals surface area contributed by atoms with Crippen LogP contribution in [0.15, 0.2) is 10.3 Å². The van der Waals surface area contributed by atoms with Gasteiger partial charge in [-0.1, -0.05) is 6.92 Å². The first-order chi connectivity index (χ1) is 9.23. The van der Waals surface area contributed by atoms with Crippen LogP contribution in [0, 0.1) is 6.92 Å². The molecule has 2 rings (SSSR count). The highest BCUT2D eigenvalue weighted by atomic mass is 32.2. The molecule has 1 aliphatic carbocycles. The standard InChI is InChI=1S/C14H24N2O2S2/c1-5-14(3,4)16-20(17,18)13-8-10(2)12(19-13)9-15-11-6-7-11/h8,11,15-16H,5-7,9H2,1-4H3. The predicted octanol–water partition coefficient (Wildman–Crippen LogP) is 2.78. The maximum absolute atomic E-state index is 12.4. The molecular weight excluding hydrogens is 292 g/mol. The van der Waals surface area contributed by atoms with Crippen molar-refractivity contribution in [2.24, 2.45) is 0 Å². The molecule has 0 unspecified atom stereocenters. The summed E-state index contributed by atoms with van der Waals surface area (Å²) in [5.41, 5.74) is 0.640. The fourth-order valence-electron chi connectivity index (χ4n) is 1.81. The summed E-state index contributed by atoms with van der Waals surface area (Å²) < 4.78 is 28.0. The molecule has 114 valence electrons. The number of hydrogen-bond donors (Lipinski definition) is 2. The second kappa shape index (κ2) is 5.75. The highest BCUT2D eigenvalue weighted by molar-refractivity contribution is 7.91. The number of hydrogen-bond acceptors (Lipinski definition) is 4. The minimum absolute atomic E-state index is 0.414. The highest BCUT2D eigenvalue weighted by Gasteiger charge is 2.27. The summed E-state index contributed by atoms with van der Waals surface area (Å²) in [7, 11) is -3.41. The van der Waals surface area contributed by atoms with Gasteiger partial charge in [0, 0.05) is 23.0 Å². The summed E-state index contributed by atoms with van der Waals surface area (Å²) in [6, 6.07) is 2.41. The molecule has 0 bridgehead atoms. The van der Waals surface area contributed by atoms with Crippen LogP contribution in [0.5, 0.6) is 0 Å². The molecule has 20 heavy (non-hydrogen) atoms. The largest absolute Gasteiger partial charge is 0.309 e. The molecule has 1 saturated carbocycles. The zero-order chi connectivity index (χ0) is 15.0. The summed E-state index contributed by atoms with van der Waals surface area (Å²) >= 11 is 1.37. The van der Waals surface area contributed by atoms with Crippen molar-refractivity contribution < 1.29 is 8.42 Å². The van der Waals surface area contributed by atoms with Crippen LogP contribution in [0.3, 0.4) is 0 Å². The van der Waals surface area contributed by atoms with Crippen molar-refractivity contribution in [2.75, 3.05) is 0 Å². The van der Waals surface area contributed by atoms with Gasteiger partial charge in [-0.25, -0.2) is 13.1 Å². The molecule has 0 saturated heterocycles.